The Labute approximate surface area is 103 Å². The molecule has 0 saturated heterocycles. The first kappa shape index (κ1) is 9.65. The highest BCUT2D eigenvalue weighted by molar-refractivity contribution is 6.13. The average Bonchev–Trinajstić information content (AvgIpc) is 2.78. The van der Waals surface area contributed by atoms with Crippen molar-refractivity contribution in [1.29, 1.82) is 0 Å². The number of aromatic nitrogens is 2. The Kier molecular flexibility index (Phi) is 1.78. The number of aromatic amines is 1. The van der Waals surface area contributed by atoms with Crippen LogP contribution in [-0.2, 0) is 11.2 Å². The average molecular weight is 237 g/mol. The van der Waals surface area contributed by atoms with Gasteiger partial charge in [0, 0.05) is 35.3 Å². The summed E-state index contributed by atoms with van der Waals surface area (Å²) in [6.45, 7) is 0. The van der Waals surface area contributed by atoms with Crippen LogP contribution >= 0.6 is 0 Å². The smallest absolute Gasteiger partial charge is 0.224 e. The van der Waals surface area contributed by atoms with Gasteiger partial charge in [-0.3, -0.25) is 9.78 Å². The van der Waals surface area contributed by atoms with Crippen molar-refractivity contribution in [3.8, 4) is 0 Å². The Morgan fingerprint density at radius 2 is 2.00 bits per heavy atom. The fraction of sp³-hybridized carbons (Fsp3) is 0.143. The second-order valence-corrected chi connectivity index (χ2v) is 4.59. The number of benzene rings is 1. The molecular weight excluding hydrogens is 226 g/mol. The first-order valence-corrected chi connectivity index (χ1v) is 6.01. The number of aryl methyl sites for hydroxylation is 1. The molecule has 0 radical (unpaired) electrons. The predicted octanol–water partition coefficient (Wildman–Crippen LogP) is 2.60. The molecule has 0 saturated carbocycles. The van der Waals surface area contributed by atoms with Crippen LogP contribution in [0.15, 0.2) is 30.5 Å². The predicted molar refractivity (Wildman–Crippen MR) is 70.6 cm³/mol. The van der Waals surface area contributed by atoms with Crippen LogP contribution < -0.4 is 5.32 Å². The third kappa shape index (κ3) is 1.20. The third-order valence-electron chi connectivity index (χ3n) is 3.49. The van der Waals surface area contributed by atoms with Crippen LogP contribution in [0.4, 0.5) is 5.69 Å². The molecule has 0 fully saturated rings. The lowest BCUT2D eigenvalue weighted by Gasteiger charge is -2.16. The van der Waals surface area contributed by atoms with Gasteiger partial charge in [-0.25, -0.2) is 0 Å². The molecule has 2 N–H and O–H groups in total. The van der Waals surface area contributed by atoms with Crippen molar-refractivity contribution in [2.24, 2.45) is 0 Å². The molecule has 1 aliphatic rings. The first-order valence-electron chi connectivity index (χ1n) is 6.01. The topological polar surface area (TPSA) is 57.8 Å². The molecule has 1 aromatic carbocycles. The Hall–Kier alpha value is -2.36. The van der Waals surface area contributed by atoms with E-state index >= 15 is 0 Å². The van der Waals surface area contributed by atoms with E-state index in [-0.39, 0.29) is 5.91 Å². The second-order valence-electron chi connectivity index (χ2n) is 4.59. The number of H-pyrrole nitrogens is 1. The SMILES string of the molecule is O=C1CCc2ncc3c([nH]c4ccccc43)c2N1. The monoisotopic (exact) mass is 237 g/mol. The van der Waals surface area contributed by atoms with Crippen molar-refractivity contribution >= 4 is 33.4 Å². The van der Waals surface area contributed by atoms with E-state index in [0.717, 1.165) is 33.2 Å². The molecule has 3 aromatic rings. The number of nitrogens with zero attached hydrogens (tertiary/aromatic N) is 1. The second kappa shape index (κ2) is 3.32. The molecule has 1 amide bonds. The summed E-state index contributed by atoms with van der Waals surface area (Å²) in [5, 5.41) is 5.13. The maximum absolute atomic E-state index is 11.5. The van der Waals surface area contributed by atoms with Crippen LogP contribution in [0.25, 0.3) is 21.8 Å². The molecule has 2 aromatic heterocycles. The summed E-state index contributed by atoms with van der Waals surface area (Å²) >= 11 is 0. The third-order valence-corrected chi connectivity index (χ3v) is 3.49. The molecule has 1 aliphatic heterocycles. The standard InChI is InChI=1S/C14H11N3O/c18-12-6-5-11-14(17-12)13-9(7-15-11)8-3-1-2-4-10(8)16-13/h1-4,7,16H,5-6H2,(H,17,18). The quantitative estimate of drug-likeness (QED) is 0.631. The maximum atomic E-state index is 11.5. The van der Waals surface area contributed by atoms with Crippen LogP contribution in [-0.4, -0.2) is 15.9 Å². The van der Waals surface area contributed by atoms with Gasteiger partial charge in [-0.1, -0.05) is 18.2 Å². The normalized spacial score (nSPS) is 14.8. The van der Waals surface area contributed by atoms with E-state index in [1.54, 1.807) is 0 Å². The number of hydrogen-bond acceptors (Lipinski definition) is 2. The molecule has 4 heteroatoms. The fourth-order valence-corrected chi connectivity index (χ4v) is 2.60. The van der Waals surface area contributed by atoms with E-state index < -0.39 is 0 Å². The summed E-state index contributed by atoms with van der Waals surface area (Å²) in [7, 11) is 0. The Bertz CT molecular complexity index is 788. The lowest BCUT2D eigenvalue weighted by Crippen LogP contribution is -2.20. The lowest BCUT2D eigenvalue weighted by atomic mass is 10.1. The van der Waals surface area contributed by atoms with E-state index in [2.05, 4.69) is 21.4 Å². The van der Waals surface area contributed by atoms with Gasteiger partial charge in [-0.15, -0.1) is 0 Å². The van der Waals surface area contributed by atoms with E-state index in [1.807, 2.05) is 24.4 Å². The van der Waals surface area contributed by atoms with Crippen LogP contribution in [0.5, 0.6) is 0 Å². The number of amides is 1. The van der Waals surface area contributed by atoms with Crippen molar-refractivity contribution in [1.82, 2.24) is 9.97 Å². The van der Waals surface area contributed by atoms with E-state index in [1.165, 1.54) is 0 Å². The number of para-hydroxylation sites is 1. The van der Waals surface area contributed by atoms with Crippen LogP contribution in [0.2, 0.25) is 0 Å². The highest BCUT2D eigenvalue weighted by atomic mass is 16.1. The number of rotatable bonds is 0. The molecule has 88 valence electrons. The first-order chi connectivity index (χ1) is 8.83. The number of nitrogens with one attached hydrogen (secondary N) is 2. The maximum Gasteiger partial charge on any atom is 0.224 e. The summed E-state index contributed by atoms with van der Waals surface area (Å²) < 4.78 is 0. The highest BCUT2D eigenvalue weighted by Crippen LogP contribution is 2.33. The van der Waals surface area contributed by atoms with Crippen LogP contribution in [0.3, 0.4) is 0 Å². The minimum atomic E-state index is 0.0652. The van der Waals surface area contributed by atoms with Gasteiger partial charge in [-0.05, 0) is 6.07 Å². The van der Waals surface area contributed by atoms with Crippen molar-refractivity contribution < 1.29 is 4.79 Å². The van der Waals surface area contributed by atoms with Gasteiger partial charge in [0.1, 0.15) is 0 Å². The minimum Gasteiger partial charge on any atom is -0.353 e. The molecule has 18 heavy (non-hydrogen) atoms. The molecule has 4 rings (SSSR count). The van der Waals surface area contributed by atoms with Gasteiger partial charge in [0.2, 0.25) is 5.91 Å². The zero-order valence-electron chi connectivity index (χ0n) is 9.66. The van der Waals surface area contributed by atoms with Crippen molar-refractivity contribution in [2.75, 3.05) is 5.32 Å². The number of fused-ring (bicyclic) bond motifs is 5. The summed E-state index contributed by atoms with van der Waals surface area (Å²) in [6, 6.07) is 8.10. The number of carbonyl (C=O) groups excluding carboxylic acids is 1. The zero-order valence-corrected chi connectivity index (χ0v) is 9.66. The van der Waals surface area contributed by atoms with Crippen molar-refractivity contribution in [3.63, 3.8) is 0 Å². The molecule has 0 unspecified atom stereocenters. The molecule has 0 bridgehead atoms. The van der Waals surface area contributed by atoms with Gasteiger partial charge in [0.25, 0.3) is 0 Å². The number of hydrogen-bond donors (Lipinski definition) is 2. The van der Waals surface area contributed by atoms with Gasteiger partial charge in [0.15, 0.2) is 0 Å². The zero-order chi connectivity index (χ0) is 12.1. The molecule has 0 spiro atoms. The Morgan fingerprint density at radius 3 is 2.94 bits per heavy atom. The van der Waals surface area contributed by atoms with E-state index in [9.17, 15) is 4.79 Å². The minimum absolute atomic E-state index is 0.0652. The Balaban J connectivity index is 2.13. The summed E-state index contributed by atoms with van der Waals surface area (Å²) in [5.41, 5.74) is 3.87. The van der Waals surface area contributed by atoms with E-state index in [4.69, 9.17) is 0 Å². The fourth-order valence-electron chi connectivity index (χ4n) is 2.60. The van der Waals surface area contributed by atoms with Gasteiger partial charge < -0.3 is 10.3 Å². The summed E-state index contributed by atoms with van der Waals surface area (Å²) in [5.74, 6) is 0.0652. The largest absolute Gasteiger partial charge is 0.353 e. The number of anilines is 1. The van der Waals surface area contributed by atoms with E-state index in [0.29, 0.717) is 12.8 Å². The van der Waals surface area contributed by atoms with Crippen molar-refractivity contribution in [3.05, 3.63) is 36.2 Å². The summed E-state index contributed by atoms with van der Waals surface area (Å²) in [6.07, 6.45) is 3.13. The van der Waals surface area contributed by atoms with Gasteiger partial charge in [-0.2, -0.15) is 0 Å². The summed E-state index contributed by atoms with van der Waals surface area (Å²) in [4.78, 5) is 19.4. The molecule has 0 atom stereocenters. The molecular formula is C14H11N3O. The molecule has 4 nitrogen and oxygen atoms in total. The van der Waals surface area contributed by atoms with Gasteiger partial charge >= 0.3 is 0 Å². The highest BCUT2D eigenvalue weighted by Gasteiger charge is 2.20. The molecule has 0 aliphatic carbocycles. The van der Waals surface area contributed by atoms with Crippen molar-refractivity contribution in [2.45, 2.75) is 12.8 Å². The number of pyridine rings is 1. The van der Waals surface area contributed by atoms with Crippen LogP contribution in [0.1, 0.15) is 12.1 Å². The Morgan fingerprint density at radius 1 is 1.11 bits per heavy atom. The number of carbonyl (C=O) groups is 1. The van der Waals surface area contributed by atoms with Crippen LogP contribution in [0, 0.1) is 0 Å². The van der Waals surface area contributed by atoms with Gasteiger partial charge in [0.05, 0.1) is 16.9 Å². The lowest BCUT2D eigenvalue weighted by molar-refractivity contribution is -0.116. The molecule has 3 heterocycles.